The molecule has 1 aromatic carbocycles. The zero-order valence-corrected chi connectivity index (χ0v) is 12.8. The molecule has 0 aliphatic rings. The van der Waals surface area contributed by atoms with E-state index < -0.39 is 0 Å². The number of aryl methyl sites for hydroxylation is 1. The number of nitrogens with two attached hydrogens (primary N) is 1. The standard InChI is InChI=1S/C15H20N4O.ClH/c1-19-11-12(10-18-19)7-8-17-15(20)14(9-16)13-5-3-2-4-6-13;/h2-6,10-11,14H,7-9,16H2,1H3,(H,17,20);1H. The fourth-order valence-electron chi connectivity index (χ4n) is 2.13. The van der Waals surface area contributed by atoms with E-state index >= 15 is 0 Å². The van der Waals surface area contributed by atoms with Gasteiger partial charge in [0, 0.05) is 26.3 Å². The van der Waals surface area contributed by atoms with Crippen LogP contribution in [-0.4, -0.2) is 28.8 Å². The van der Waals surface area contributed by atoms with Gasteiger partial charge in [-0.1, -0.05) is 30.3 Å². The lowest BCUT2D eigenvalue weighted by atomic mass is 9.98. The van der Waals surface area contributed by atoms with E-state index in [1.165, 1.54) is 0 Å². The third-order valence-corrected chi connectivity index (χ3v) is 3.23. The molecule has 1 heterocycles. The maximum absolute atomic E-state index is 12.2. The molecule has 0 fully saturated rings. The lowest BCUT2D eigenvalue weighted by molar-refractivity contribution is -0.122. The van der Waals surface area contributed by atoms with Crippen LogP contribution in [0.25, 0.3) is 0 Å². The number of nitrogens with one attached hydrogen (secondary N) is 1. The summed E-state index contributed by atoms with van der Waals surface area (Å²) in [7, 11) is 1.88. The normalized spacial score (nSPS) is 11.5. The zero-order valence-electron chi connectivity index (χ0n) is 12.0. The van der Waals surface area contributed by atoms with Crippen molar-refractivity contribution in [2.75, 3.05) is 13.1 Å². The molecule has 2 rings (SSSR count). The maximum atomic E-state index is 12.2. The van der Waals surface area contributed by atoms with Gasteiger partial charge < -0.3 is 11.1 Å². The number of rotatable bonds is 6. The summed E-state index contributed by atoms with van der Waals surface area (Å²) in [5.41, 5.74) is 7.78. The molecular weight excluding hydrogens is 288 g/mol. The van der Waals surface area contributed by atoms with Crippen LogP contribution >= 0.6 is 12.4 Å². The van der Waals surface area contributed by atoms with Gasteiger partial charge in [-0.25, -0.2) is 0 Å². The number of aromatic nitrogens is 2. The smallest absolute Gasteiger partial charge is 0.228 e. The minimum absolute atomic E-state index is 0. The van der Waals surface area contributed by atoms with Crippen molar-refractivity contribution in [1.29, 1.82) is 0 Å². The Hall–Kier alpha value is -1.85. The predicted octanol–water partition coefficient (Wildman–Crippen LogP) is 1.24. The first-order valence-corrected chi connectivity index (χ1v) is 6.71. The van der Waals surface area contributed by atoms with Gasteiger partial charge in [-0.05, 0) is 17.5 Å². The number of hydrogen-bond donors (Lipinski definition) is 2. The van der Waals surface area contributed by atoms with Gasteiger partial charge in [0.15, 0.2) is 0 Å². The van der Waals surface area contributed by atoms with E-state index in [4.69, 9.17) is 5.73 Å². The summed E-state index contributed by atoms with van der Waals surface area (Å²) in [4.78, 5) is 12.2. The van der Waals surface area contributed by atoms with Crippen LogP contribution in [0.4, 0.5) is 0 Å². The highest BCUT2D eigenvalue weighted by atomic mass is 35.5. The number of hydrogen-bond acceptors (Lipinski definition) is 3. The molecule has 0 spiro atoms. The van der Waals surface area contributed by atoms with Gasteiger partial charge in [-0.15, -0.1) is 12.4 Å². The van der Waals surface area contributed by atoms with Crippen molar-refractivity contribution < 1.29 is 4.79 Å². The maximum Gasteiger partial charge on any atom is 0.228 e. The first-order chi connectivity index (χ1) is 9.70. The molecule has 2 aromatic rings. The first-order valence-electron chi connectivity index (χ1n) is 6.71. The molecule has 21 heavy (non-hydrogen) atoms. The summed E-state index contributed by atoms with van der Waals surface area (Å²) in [6.45, 7) is 0.899. The molecular formula is C15H21ClN4O. The van der Waals surface area contributed by atoms with Crippen molar-refractivity contribution in [1.82, 2.24) is 15.1 Å². The highest BCUT2D eigenvalue weighted by molar-refractivity contribution is 5.85. The van der Waals surface area contributed by atoms with Crippen LogP contribution in [0, 0.1) is 0 Å². The van der Waals surface area contributed by atoms with Crippen molar-refractivity contribution in [3.05, 3.63) is 53.9 Å². The second-order valence-electron chi connectivity index (χ2n) is 4.76. The first kappa shape index (κ1) is 17.2. The second-order valence-corrected chi connectivity index (χ2v) is 4.76. The molecule has 1 atom stereocenters. The van der Waals surface area contributed by atoms with Gasteiger partial charge in [-0.2, -0.15) is 5.10 Å². The lowest BCUT2D eigenvalue weighted by Crippen LogP contribution is -2.34. The van der Waals surface area contributed by atoms with E-state index in [0.29, 0.717) is 13.1 Å². The molecule has 5 nitrogen and oxygen atoms in total. The van der Waals surface area contributed by atoms with Gasteiger partial charge >= 0.3 is 0 Å². The Morgan fingerprint density at radius 1 is 1.38 bits per heavy atom. The van der Waals surface area contributed by atoms with Crippen LogP contribution < -0.4 is 11.1 Å². The summed E-state index contributed by atoms with van der Waals surface area (Å²) in [5, 5.41) is 7.03. The summed E-state index contributed by atoms with van der Waals surface area (Å²) >= 11 is 0. The van der Waals surface area contributed by atoms with E-state index in [1.54, 1.807) is 4.68 Å². The molecule has 1 unspecified atom stereocenters. The van der Waals surface area contributed by atoms with Crippen molar-refractivity contribution in [2.45, 2.75) is 12.3 Å². The minimum Gasteiger partial charge on any atom is -0.355 e. The Morgan fingerprint density at radius 3 is 2.67 bits per heavy atom. The molecule has 0 aliphatic carbocycles. The molecule has 0 radical (unpaired) electrons. The Labute approximate surface area is 130 Å². The number of carbonyl (C=O) groups excluding carboxylic acids is 1. The summed E-state index contributed by atoms with van der Waals surface area (Å²) in [6, 6.07) is 9.62. The molecule has 114 valence electrons. The highest BCUT2D eigenvalue weighted by Gasteiger charge is 2.18. The molecule has 0 saturated carbocycles. The van der Waals surface area contributed by atoms with Gasteiger partial charge in [0.25, 0.3) is 0 Å². The molecule has 0 aliphatic heterocycles. The summed E-state index contributed by atoms with van der Waals surface area (Å²) in [5.74, 6) is -0.312. The Balaban J connectivity index is 0.00000220. The lowest BCUT2D eigenvalue weighted by Gasteiger charge is -2.15. The SMILES string of the molecule is Cl.Cn1cc(CCNC(=O)C(CN)c2ccccc2)cn1. The van der Waals surface area contributed by atoms with Crippen LogP contribution in [0.1, 0.15) is 17.0 Å². The second kappa shape index (κ2) is 8.44. The molecule has 1 amide bonds. The van der Waals surface area contributed by atoms with Gasteiger partial charge in [0.2, 0.25) is 5.91 Å². The Kier molecular flexibility index (Phi) is 6.91. The van der Waals surface area contributed by atoms with Crippen LogP contribution in [-0.2, 0) is 18.3 Å². The van der Waals surface area contributed by atoms with Gasteiger partial charge in [0.1, 0.15) is 0 Å². The highest BCUT2D eigenvalue weighted by Crippen LogP contribution is 2.14. The van der Waals surface area contributed by atoms with Crippen molar-refractivity contribution in [3.63, 3.8) is 0 Å². The van der Waals surface area contributed by atoms with E-state index in [2.05, 4.69) is 10.4 Å². The van der Waals surface area contributed by atoms with Crippen LogP contribution in [0.5, 0.6) is 0 Å². The number of carbonyl (C=O) groups is 1. The number of amides is 1. The van der Waals surface area contributed by atoms with Crippen molar-refractivity contribution >= 4 is 18.3 Å². The van der Waals surface area contributed by atoms with E-state index in [0.717, 1.165) is 17.5 Å². The van der Waals surface area contributed by atoms with E-state index in [9.17, 15) is 4.79 Å². The third-order valence-electron chi connectivity index (χ3n) is 3.23. The minimum atomic E-state index is -0.287. The number of halogens is 1. The Bertz CT molecular complexity index is 556. The molecule has 0 bridgehead atoms. The summed E-state index contributed by atoms with van der Waals surface area (Å²) < 4.78 is 1.75. The number of nitrogens with zero attached hydrogens (tertiary/aromatic N) is 2. The average Bonchev–Trinajstić information content (AvgIpc) is 2.86. The topological polar surface area (TPSA) is 72.9 Å². The Morgan fingerprint density at radius 2 is 2.10 bits per heavy atom. The third kappa shape index (κ3) is 4.88. The van der Waals surface area contributed by atoms with Crippen molar-refractivity contribution in [2.24, 2.45) is 12.8 Å². The fraction of sp³-hybridized carbons (Fsp3) is 0.333. The number of benzene rings is 1. The molecule has 3 N–H and O–H groups in total. The van der Waals surface area contributed by atoms with Crippen LogP contribution in [0.2, 0.25) is 0 Å². The molecule has 0 saturated heterocycles. The quantitative estimate of drug-likeness (QED) is 0.843. The fourth-order valence-corrected chi connectivity index (χ4v) is 2.13. The van der Waals surface area contributed by atoms with Gasteiger partial charge in [-0.3, -0.25) is 9.48 Å². The van der Waals surface area contributed by atoms with Crippen LogP contribution in [0.15, 0.2) is 42.7 Å². The predicted molar refractivity (Wildman–Crippen MR) is 85.4 cm³/mol. The van der Waals surface area contributed by atoms with E-state index in [-0.39, 0.29) is 24.2 Å². The van der Waals surface area contributed by atoms with Crippen LogP contribution in [0.3, 0.4) is 0 Å². The molecule has 1 aromatic heterocycles. The zero-order chi connectivity index (χ0) is 14.4. The monoisotopic (exact) mass is 308 g/mol. The van der Waals surface area contributed by atoms with Gasteiger partial charge in [0.05, 0.1) is 12.1 Å². The van der Waals surface area contributed by atoms with E-state index in [1.807, 2.05) is 49.8 Å². The summed E-state index contributed by atoms with van der Waals surface area (Å²) in [6.07, 6.45) is 4.53. The average molecular weight is 309 g/mol. The van der Waals surface area contributed by atoms with Crippen molar-refractivity contribution in [3.8, 4) is 0 Å². The largest absolute Gasteiger partial charge is 0.355 e. The molecule has 6 heteroatoms.